The molecule has 1 aliphatic heterocycles. The first kappa shape index (κ1) is 13.9. The fourth-order valence-electron chi connectivity index (χ4n) is 3.15. The standard InChI is InChI=1S/C15H26N4O/c1-11-14(9-16-12-6-7-12)15(18(2)17-11)19-8-4-5-13(10-19)20-3/h12-13,16H,4-10H2,1-3H3. The van der Waals surface area contributed by atoms with Crippen LogP contribution in [0.15, 0.2) is 0 Å². The molecular formula is C15H26N4O. The third kappa shape index (κ3) is 2.83. The topological polar surface area (TPSA) is 42.3 Å². The molecule has 1 aromatic heterocycles. The van der Waals surface area contributed by atoms with Gasteiger partial charge >= 0.3 is 0 Å². The van der Waals surface area contributed by atoms with E-state index in [1.54, 1.807) is 0 Å². The van der Waals surface area contributed by atoms with Crippen LogP contribution in [0, 0.1) is 6.92 Å². The third-order valence-electron chi connectivity index (χ3n) is 4.47. The molecule has 1 aromatic rings. The number of nitrogens with one attached hydrogen (secondary N) is 1. The summed E-state index contributed by atoms with van der Waals surface area (Å²) < 4.78 is 7.59. The van der Waals surface area contributed by atoms with E-state index < -0.39 is 0 Å². The van der Waals surface area contributed by atoms with Gasteiger partial charge in [-0.3, -0.25) is 4.68 Å². The first-order valence-corrected chi connectivity index (χ1v) is 7.72. The van der Waals surface area contributed by atoms with E-state index in [4.69, 9.17) is 4.74 Å². The third-order valence-corrected chi connectivity index (χ3v) is 4.47. The Morgan fingerprint density at radius 3 is 2.85 bits per heavy atom. The number of aromatic nitrogens is 2. The van der Waals surface area contributed by atoms with Crippen molar-refractivity contribution in [2.45, 2.75) is 51.3 Å². The number of methoxy groups -OCH3 is 1. The van der Waals surface area contributed by atoms with Crippen LogP contribution in [0.1, 0.15) is 36.9 Å². The molecule has 0 amide bonds. The van der Waals surface area contributed by atoms with E-state index in [0.717, 1.165) is 31.4 Å². The molecule has 20 heavy (non-hydrogen) atoms. The van der Waals surface area contributed by atoms with Crippen LogP contribution in [0.25, 0.3) is 0 Å². The number of anilines is 1. The summed E-state index contributed by atoms with van der Waals surface area (Å²) in [5.74, 6) is 1.28. The van der Waals surface area contributed by atoms with Gasteiger partial charge in [0, 0.05) is 45.4 Å². The van der Waals surface area contributed by atoms with Crippen molar-refractivity contribution in [3.05, 3.63) is 11.3 Å². The van der Waals surface area contributed by atoms with Crippen molar-refractivity contribution in [1.82, 2.24) is 15.1 Å². The molecule has 0 spiro atoms. The normalized spacial score (nSPS) is 23.4. The average Bonchev–Trinajstić information content (AvgIpc) is 3.22. The molecule has 5 nitrogen and oxygen atoms in total. The fourth-order valence-corrected chi connectivity index (χ4v) is 3.15. The smallest absolute Gasteiger partial charge is 0.131 e. The Morgan fingerprint density at radius 1 is 1.35 bits per heavy atom. The van der Waals surface area contributed by atoms with Gasteiger partial charge in [-0.1, -0.05) is 0 Å². The number of nitrogens with zero attached hydrogens (tertiary/aromatic N) is 3. The lowest BCUT2D eigenvalue weighted by Gasteiger charge is -2.34. The molecule has 5 heteroatoms. The molecule has 3 rings (SSSR count). The largest absolute Gasteiger partial charge is 0.380 e. The molecule has 1 atom stereocenters. The number of rotatable bonds is 5. The number of piperidine rings is 1. The molecule has 2 aliphatic rings. The summed E-state index contributed by atoms with van der Waals surface area (Å²) in [4.78, 5) is 2.45. The highest BCUT2D eigenvalue weighted by atomic mass is 16.5. The minimum Gasteiger partial charge on any atom is -0.380 e. The van der Waals surface area contributed by atoms with E-state index in [2.05, 4.69) is 29.3 Å². The molecule has 2 heterocycles. The molecule has 0 aromatic carbocycles. The number of aryl methyl sites for hydroxylation is 2. The first-order chi connectivity index (χ1) is 9.69. The van der Waals surface area contributed by atoms with Gasteiger partial charge in [0.2, 0.25) is 0 Å². The quantitative estimate of drug-likeness (QED) is 0.888. The minimum atomic E-state index is 0.350. The Bertz CT molecular complexity index is 467. The van der Waals surface area contributed by atoms with E-state index in [-0.39, 0.29) is 0 Å². The molecule has 2 fully saturated rings. The summed E-state index contributed by atoms with van der Waals surface area (Å²) in [5.41, 5.74) is 2.51. The predicted octanol–water partition coefficient (Wildman–Crippen LogP) is 1.60. The van der Waals surface area contributed by atoms with Crippen LogP contribution in [0.2, 0.25) is 0 Å². The van der Waals surface area contributed by atoms with Gasteiger partial charge in [0.25, 0.3) is 0 Å². The zero-order chi connectivity index (χ0) is 14.1. The van der Waals surface area contributed by atoms with Gasteiger partial charge in [-0.2, -0.15) is 5.10 Å². The Labute approximate surface area is 121 Å². The molecule has 112 valence electrons. The predicted molar refractivity (Wildman–Crippen MR) is 80.1 cm³/mol. The Morgan fingerprint density at radius 2 is 2.15 bits per heavy atom. The van der Waals surface area contributed by atoms with Crippen molar-refractivity contribution in [2.75, 3.05) is 25.1 Å². The maximum Gasteiger partial charge on any atom is 0.131 e. The van der Waals surface area contributed by atoms with Crippen molar-refractivity contribution >= 4 is 5.82 Å². The van der Waals surface area contributed by atoms with Gasteiger partial charge in [-0.25, -0.2) is 0 Å². The second kappa shape index (κ2) is 5.74. The van der Waals surface area contributed by atoms with Crippen molar-refractivity contribution in [2.24, 2.45) is 7.05 Å². The Hall–Kier alpha value is -1.07. The SMILES string of the molecule is COC1CCCN(c2c(CNC3CC3)c(C)nn2C)C1. The fraction of sp³-hybridized carbons (Fsp3) is 0.800. The van der Waals surface area contributed by atoms with Crippen LogP contribution < -0.4 is 10.2 Å². The molecule has 1 N–H and O–H groups in total. The monoisotopic (exact) mass is 278 g/mol. The highest BCUT2D eigenvalue weighted by molar-refractivity contribution is 5.50. The summed E-state index contributed by atoms with van der Waals surface area (Å²) in [6.45, 7) is 5.14. The lowest BCUT2D eigenvalue weighted by Crippen LogP contribution is -2.40. The second-order valence-electron chi connectivity index (χ2n) is 6.11. The van der Waals surface area contributed by atoms with Gasteiger partial charge in [0.1, 0.15) is 5.82 Å². The highest BCUT2D eigenvalue weighted by Crippen LogP contribution is 2.28. The zero-order valence-electron chi connectivity index (χ0n) is 12.9. The summed E-state index contributed by atoms with van der Waals surface area (Å²) in [6, 6.07) is 0.732. The maximum absolute atomic E-state index is 5.55. The molecule has 1 unspecified atom stereocenters. The van der Waals surface area contributed by atoms with E-state index in [0.29, 0.717) is 6.10 Å². The number of ether oxygens (including phenoxy) is 1. The Balaban J connectivity index is 1.79. The number of hydrogen-bond donors (Lipinski definition) is 1. The number of hydrogen-bond acceptors (Lipinski definition) is 4. The summed E-state index contributed by atoms with van der Waals surface area (Å²) >= 11 is 0. The van der Waals surface area contributed by atoms with Crippen LogP contribution in [0.4, 0.5) is 5.82 Å². The van der Waals surface area contributed by atoms with Crippen molar-refractivity contribution in [1.29, 1.82) is 0 Å². The van der Waals surface area contributed by atoms with Gasteiger partial charge in [-0.05, 0) is 32.6 Å². The molecule has 1 saturated heterocycles. The zero-order valence-corrected chi connectivity index (χ0v) is 12.9. The van der Waals surface area contributed by atoms with Crippen LogP contribution in [0.5, 0.6) is 0 Å². The highest BCUT2D eigenvalue weighted by Gasteiger charge is 2.27. The van der Waals surface area contributed by atoms with Crippen LogP contribution in [0.3, 0.4) is 0 Å². The minimum absolute atomic E-state index is 0.350. The summed E-state index contributed by atoms with van der Waals surface area (Å²) in [6.07, 6.45) is 5.36. The summed E-state index contributed by atoms with van der Waals surface area (Å²) in [5, 5.41) is 8.25. The van der Waals surface area contributed by atoms with Gasteiger partial charge in [0.15, 0.2) is 0 Å². The van der Waals surface area contributed by atoms with E-state index >= 15 is 0 Å². The molecule has 1 saturated carbocycles. The maximum atomic E-state index is 5.55. The van der Waals surface area contributed by atoms with Gasteiger partial charge in [0.05, 0.1) is 11.8 Å². The van der Waals surface area contributed by atoms with Crippen molar-refractivity contribution < 1.29 is 4.74 Å². The van der Waals surface area contributed by atoms with E-state index in [1.807, 2.05) is 11.8 Å². The van der Waals surface area contributed by atoms with E-state index in [1.165, 1.54) is 37.1 Å². The molecule has 1 aliphatic carbocycles. The lowest BCUT2D eigenvalue weighted by atomic mass is 10.1. The van der Waals surface area contributed by atoms with Crippen molar-refractivity contribution in [3.8, 4) is 0 Å². The Kier molecular flexibility index (Phi) is 3.98. The van der Waals surface area contributed by atoms with E-state index in [9.17, 15) is 0 Å². The molecule has 0 bridgehead atoms. The molecule has 0 radical (unpaired) electrons. The van der Waals surface area contributed by atoms with Gasteiger partial charge in [-0.15, -0.1) is 0 Å². The second-order valence-corrected chi connectivity index (χ2v) is 6.11. The first-order valence-electron chi connectivity index (χ1n) is 7.72. The lowest BCUT2D eigenvalue weighted by molar-refractivity contribution is 0.0889. The van der Waals surface area contributed by atoms with Crippen LogP contribution >= 0.6 is 0 Å². The van der Waals surface area contributed by atoms with Gasteiger partial charge < -0.3 is 15.0 Å². The van der Waals surface area contributed by atoms with Crippen LogP contribution in [-0.4, -0.2) is 42.1 Å². The van der Waals surface area contributed by atoms with Crippen molar-refractivity contribution in [3.63, 3.8) is 0 Å². The summed E-state index contributed by atoms with van der Waals surface area (Å²) in [7, 11) is 3.87. The average molecular weight is 278 g/mol. The van der Waals surface area contributed by atoms with Crippen LogP contribution in [-0.2, 0) is 18.3 Å². The molecular weight excluding hydrogens is 252 g/mol.